The van der Waals surface area contributed by atoms with Gasteiger partial charge in [0.25, 0.3) is 10.0 Å². The Morgan fingerprint density at radius 3 is 2.09 bits per heavy atom. The van der Waals surface area contributed by atoms with Gasteiger partial charge in [-0.3, -0.25) is 13.9 Å². The normalized spacial score (nSPS) is 12.3. The summed E-state index contributed by atoms with van der Waals surface area (Å²) in [6, 6.07) is 24.6. The topological polar surface area (TPSA) is 86.8 Å². The van der Waals surface area contributed by atoms with Crippen molar-refractivity contribution in [3.63, 3.8) is 0 Å². The van der Waals surface area contributed by atoms with E-state index in [1.54, 1.807) is 61.5 Å². The highest BCUT2D eigenvalue weighted by Crippen LogP contribution is 2.38. The number of anilines is 1. The summed E-state index contributed by atoms with van der Waals surface area (Å²) in [4.78, 5) is 28.9. The zero-order valence-electron chi connectivity index (χ0n) is 24.5. The van der Waals surface area contributed by atoms with Crippen LogP contribution in [-0.2, 0) is 38.8 Å². The Balaban J connectivity index is 1.84. The number of hydrogen-bond donors (Lipinski definition) is 1. The molecule has 242 valence electrons. The molecule has 0 aliphatic carbocycles. The first-order valence-corrected chi connectivity index (χ1v) is 16.7. The predicted molar refractivity (Wildman–Crippen MR) is 175 cm³/mol. The number of benzene rings is 4. The summed E-state index contributed by atoms with van der Waals surface area (Å²) in [6.07, 6.45) is -4.80. The average molecular weight is 737 g/mol. The van der Waals surface area contributed by atoms with Crippen LogP contribution in [0, 0.1) is 0 Å². The van der Waals surface area contributed by atoms with Crippen molar-refractivity contribution in [2.75, 3.05) is 17.4 Å². The summed E-state index contributed by atoms with van der Waals surface area (Å²) >= 11 is 9.22. The van der Waals surface area contributed by atoms with Crippen LogP contribution in [-0.4, -0.2) is 44.3 Å². The number of amides is 2. The number of likely N-dealkylation sites (N-methyl/N-ethyl adjacent to an activating group) is 1. The fraction of sp³-hybridized carbons (Fsp3) is 0.212. The van der Waals surface area contributed by atoms with Gasteiger partial charge in [0.05, 0.1) is 21.2 Å². The average Bonchev–Trinajstić information content (AvgIpc) is 3.03. The molecule has 7 nitrogen and oxygen atoms in total. The van der Waals surface area contributed by atoms with Gasteiger partial charge < -0.3 is 10.2 Å². The predicted octanol–water partition coefficient (Wildman–Crippen LogP) is 7.09. The maximum absolute atomic E-state index is 14.3. The molecule has 4 rings (SSSR count). The summed E-state index contributed by atoms with van der Waals surface area (Å²) in [7, 11) is -4.58. The lowest BCUT2D eigenvalue weighted by molar-refractivity contribution is -0.140. The molecule has 4 aromatic carbocycles. The van der Waals surface area contributed by atoms with E-state index in [2.05, 4.69) is 21.2 Å². The summed E-state index contributed by atoms with van der Waals surface area (Å²) in [6.45, 7) is 1.00. The number of nitrogens with one attached hydrogen (secondary N) is 1. The molecule has 0 saturated heterocycles. The number of alkyl halides is 3. The molecule has 0 saturated carbocycles. The van der Waals surface area contributed by atoms with Crippen molar-refractivity contribution < 1.29 is 31.2 Å². The minimum atomic E-state index is -4.90. The third kappa shape index (κ3) is 8.68. The van der Waals surface area contributed by atoms with Gasteiger partial charge in [-0.15, -0.1) is 0 Å². The van der Waals surface area contributed by atoms with Gasteiger partial charge in [-0.2, -0.15) is 13.2 Å². The Kier molecular flexibility index (Phi) is 11.5. The van der Waals surface area contributed by atoms with Crippen molar-refractivity contribution >= 4 is 55.1 Å². The van der Waals surface area contributed by atoms with E-state index in [1.807, 2.05) is 6.07 Å². The SMILES string of the molecule is CCNC(=O)[C@@H](Cc1ccccc1)N(Cc1ccc(Br)cc1)C(=O)CN(c1ccc(Cl)c(C(F)(F)F)c1)S(=O)(=O)c1ccccc1. The fourth-order valence-corrected chi connectivity index (χ4v) is 6.68. The molecule has 4 aromatic rings. The van der Waals surface area contributed by atoms with Crippen LogP contribution in [0.3, 0.4) is 0 Å². The molecule has 0 fully saturated rings. The number of carbonyl (C=O) groups excluding carboxylic acids is 2. The fourth-order valence-electron chi connectivity index (χ4n) is 4.77. The van der Waals surface area contributed by atoms with E-state index in [0.29, 0.717) is 15.9 Å². The summed E-state index contributed by atoms with van der Waals surface area (Å²) in [5.74, 6) is -1.28. The van der Waals surface area contributed by atoms with E-state index in [0.717, 1.165) is 22.2 Å². The number of rotatable bonds is 12. The second-order valence-electron chi connectivity index (χ2n) is 10.2. The van der Waals surface area contributed by atoms with Crippen LogP contribution in [0.1, 0.15) is 23.6 Å². The van der Waals surface area contributed by atoms with Crippen molar-refractivity contribution in [1.82, 2.24) is 10.2 Å². The zero-order valence-corrected chi connectivity index (χ0v) is 27.7. The van der Waals surface area contributed by atoms with Gasteiger partial charge >= 0.3 is 6.18 Å². The van der Waals surface area contributed by atoms with E-state index >= 15 is 0 Å². The van der Waals surface area contributed by atoms with Crippen LogP contribution in [0.25, 0.3) is 0 Å². The highest BCUT2D eigenvalue weighted by molar-refractivity contribution is 9.10. The Morgan fingerprint density at radius 1 is 0.891 bits per heavy atom. The Morgan fingerprint density at radius 2 is 1.50 bits per heavy atom. The molecule has 1 N–H and O–H groups in total. The Labute approximate surface area is 279 Å². The van der Waals surface area contributed by atoms with Gasteiger partial charge in [0.2, 0.25) is 11.8 Å². The zero-order chi connectivity index (χ0) is 33.5. The molecule has 0 unspecified atom stereocenters. The molecule has 1 atom stereocenters. The number of sulfonamides is 1. The van der Waals surface area contributed by atoms with Gasteiger partial charge in [-0.1, -0.05) is 88.2 Å². The van der Waals surface area contributed by atoms with E-state index in [-0.39, 0.29) is 24.4 Å². The molecular weight excluding hydrogens is 707 g/mol. The van der Waals surface area contributed by atoms with Crippen LogP contribution < -0.4 is 9.62 Å². The van der Waals surface area contributed by atoms with Crippen LogP contribution >= 0.6 is 27.5 Å². The highest BCUT2D eigenvalue weighted by atomic mass is 79.9. The molecule has 0 aliphatic heterocycles. The molecule has 0 radical (unpaired) electrons. The van der Waals surface area contributed by atoms with Crippen LogP contribution in [0.4, 0.5) is 18.9 Å². The minimum Gasteiger partial charge on any atom is -0.355 e. The molecule has 13 heteroatoms. The third-order valence-corrected chi connectivity index (χ3v) is 9.69. The minimum absolute atomic E-state index is 0.0889. The summed E-state index contributed by atoms with van der Waals surface area (Å²) in [5, 5.41) is 2.13. The van der Waals surface area contributed by atoms with E-state index in [1.165, 1.54) is 29.2 Å². The Bertz CT molecular complexity index is 1760. The lowest BCUT2D eigenvalue weighted by atomic mass is 10.0. The van der Waals surface area contributed by atoms with Crippen LogP contribution in [0.2, 0.25) is 5.02 Å². The molecule has 0 aromatic heterocycles. The lowest BCUT2D eigenvalue weighted by Gasteiger charge is -2.34. The second kappa shape index (κ2) is 15.1. The van der Waals surface area contributed by atoms with Crippen LogP contribution in [0.5, 0.6) is 0 Å². The number of nitrogens with zero attached hydrogens (tertiary/aromatic N) is 2. The molecular formula is C33H30BrClF3N3O4S. The van der Waals surface area contributed by atoms with Gasteiger partial charge in [0, 0.05) is 24.0 Å². The van der Waals surface area contributed by atoms with Crippen molar-refractivity contribution in [1.29, 1.82) is 0 Å². The van der Waals surface area contributed by atoms with Gasteiger partial charge in [-0.05, 0) is 60.5 Å². The second-order valence-corrected chi connectivity index (χ2v) is 13.4. The third-order valence-electron chi connectivity index (χ3n) is 7.04. The van der Waals surface area contributed by atoms with E-state index in [9.17, 15) is 31.2 Å². The summed E-state index contributed by atoms with van der Waals surface area (Å²) < 4.78 is 71.0. The smallest absolute Gasteiger partial charge is 0.355 e. The first kappa shape index (κ1) is 35.0. The molecule has 0 aliphatic rings. The number of carbonyl (C=O) groups is 2. The van der Waals surface area contributed by atoms with Crippen molar-refractivity contribution in [3.8, 4) is 0 Å². The van der Waals surface area contributed by atoms with Gasteiger partial charge in [0.1, 0.15) is 12.6 Å². The number of halogens is 5. The van der Waals surface area contributed by atoms with Crippen molar-refractivity contribution in [2.45, 2.75) is 37.0 Å². The maximum Gasteiger partial charge on any atom is 0.417 e. The van der Waals surface area contributed by atoms with Crippen molar-refractivity contribution in [3.05, 3.63) is 129 Å². The highest BCUT2D eigenvalue weighted by Gasteiger charge is 2.37. The first-order chi connectivity index (χ1) is 21.8. The monoisotopic (exact) mass is 735 g/mol. The quantitative estimate of drug-likeness (QED) is 0.168. The van der Waals surface area contributed by atoms with E-state index < -0.39 is 56.9 Å². The van der Waals surface area contributed by atoms with Gasteiger partial charge in [0.15, 0.2) is 0 Å². The molecule has 46 heavy (non-hydrogen) atoms. The first-order valence-electron chi connectivity index (χ1n) is 14.1. The molecule has 0 spiro atoms. The maximum atomic E-state index is 14.3. The molecule has 0 heterocycles. The van der Waals surface area contributed by atoms with Gasteiger partial charge in [-0.25, -0.2) is 8.42 Å². The van der Waals surface area contributed by atoms with Crippen molar-refractivity contribution in [2.24, 2.45) is 0 Å². The Hall–Kier alpha value is -3.87. The van der Waals surface area contributed by atoms with E-state index in [4.69, 9.17) is 11.6 Å². The van der Waals surface area contributed by atoms with Crippen LogP contribution in [0.15, 0.2) is 112 Å². The standard InChI is InChI=1S/C33H30BrClF3N3O4S/c1-2-39-32(43)30(19-23-9-5-3-6-10-23)40(21-24-13-15-25(34)16-14-24)31(42)22-41(46(44,45)27-11-7-4-8-12-27)26-17-18-29(35)28(20-26)33(36,37)38/h3-18,20,30H,2,19,21-22H2,1H3,(H,39,43)/t30-/m1/s1. The number of hydrogen-bond acceptors (Lipinski definition) is 4. The lowest BCUT2D eigenvalue weighted by Crippen LogP contribution is -2.53. The molecule has 0 bridgehead atoms. The summed E-state index contributed by atoms with van der Waals surface area (Å²) in [5.41, 5.74) is -0.297. The largest absolute Gasteiger partial charge is 0.417 e. The molecule has 2 amide bonds.